The molecule has 9 heteroatoms. The predicted octanol–water partition coefficient (Wildman–Crippen LogP) is 2.68. The minimum absolute atomic E-state index is 0.124. The molecule has 8 nitrogen and oxygen atoms in total. The van der Waals surface area contributed by atoms with Crippen LogP contribution < -0.4 is 10.2 Å². The SMILES string of the molecule is Cn1cc(S(=O)(=O)N2CCOCC2)cc1C(=O)Nc1ccc(N2CCCCCC2)cc1. The maximum atomic E-state index is 12.9. The molecule has 0 atom stereocenters. The van der Waals surface area contributed by atoms with Crippen molar-refractivity contribution in [3.8, 4) is 0 Å². The third-order valence-corrected chi connectivity index (χ3v) is 7.78. The first-order valence-electron chi connectivity index (χ1n) is 10.9. The van der Waals surface area contributed by atoms with Gasteiger partial charge in [0.15, 0.2) is 0 Å². The Bertz CT molecular complexity index is 1000. The number of rotatable bonds is 5. The van der Waals surface area contributed by atoms with Crippen molar-refractivity contribution in [2.24, 2.45) is 7.05 Å². The van der Waals surface area contributed by atoms with E-state index in [2.05, 4.69) is 10.2 Å². The molecule has 2 fully saturated rings. The molecule has 1 amide bonds. The summed E-state index contributed by atoms with van der Waals surface area (Å²) in [4.78, 5) is 15.3. The van der Waals surface area contributed by atoms with Gasteiger partial charge < -0.3 is 19.5 Å². The molecular weight excluding hydrogens is 416 g/mol. The summed E-state index contributed by atoms with van der Waals surface area (Å²) in [6, 6.07) is 9.28. The summed E-state index contributed by atoms with van der Waals surface area (Å²) in [6.07, 6.45) is 6.47. The second-order valence-electron chi connectivity index (χ2n) is 8.09. The molecule has 4 rings (SSSR count). The van der Waals surface area contributed by atoms with Gasteiger partial charge in [-0.1, -0.05) is 12.8 Å². The summed E-state index contributed by atoms with van der Waals surface area (Å²) >= 11 is 0. The van der Waals surface area contributed by atoms with E-state index >= 15 is 0 Å². The number of nitrogens with one attached hydrogen (secondary N) is 1. The number of carbonyl (C=O) groups excluding carboxylic acids is 1. The van der Waals surface area contributed by atoms with Crippen molar-refractivity contribution in [2.75, 3.05) is 49.6 Å². The number of aromatic nitrogens is 1. The molecule has 3 heterocycles. The number of aryl methyl sites for hydroxylation is 1. The van der Waals surface area contributed by atoms with Gasteiger partial charge in [0.25, 0.3) is 5.91 Å². The summed E-state index contributed by atoms with van der Waals surface area (Å²) in [7, 11) is -1.97. The minimum Gasteiger partial charge on any atom is -0.379 e. The highest BCUT2D eigenvalue weighted by atomic mass is 32.2. The first kappa shape index (κ1) is 21.9. The molecule has 1 aromatic heterocycles. The molecule has 1 N–H and O–H groups in total. The Labute approximate surface area is 183 Å². The summed E-state index contributed by atoms with van der Waals surface area (Å²) in [6.45, 7) is 3.54. The molecule has 2 aliphatic heterocycles. The van der Waals surface area contributed by atoms with Crippen LogP contribution in [0.1, 0.15) is 36.2 Å². The molecule has 2 saturated heterocycles. The maximum absolute atomic E-state index is 12.9. The largest absolute Gasteiger partial charge is 0.379 e. The van der Waals surface area contributed by atoms with Gasteiger partial charge in [-0.25, -0.2) is 8.42 Å². The molecule has 2 aliphatic rings. The Hall–Kier alpha value is -2.36. The highest BCUT2D eigenvalue weighted by Crippen LogP contribution is 2.23. The van der Waals surface area contributed by atoms with Crippen LogP contribution in [0.5, 0.6) is 0 Å². The smallest absolute Gasteiger partial charge is 0.272 e. The minimum atomic E-state index is -3.64. The van der Waals surface area contributed by atoms with Gasteiger partial charge in [-0.15, -0.1) is 0 Å². The number of hydrogen-bond donors (Lipinski definition) is 1. The summed E-state index contributed by atoms with van der Waals surface area (Å²) in [5.41, 5.74) is 2.14. The van der Waals surface area contributed by atoms with Crippen LogP contribution in [0.2, 0.25) is 0 Å². The van der Waals surface area contributed by atoms with Crippen LogP contribution in [0.15, 0.2) is 41.4 Å². The van der Waals surface area contributed by atoms with Crippen LogP contribution in [0.3, 0.4) is 0 Å². The zero-order valence-electron chi connectivity index (χ0n) is 17.9. The Morgan fingerprint density at radius 1 is 0.968 bits per heavy atom. The van der Waals surface area contributed by atoms with Crippen LogP contribution in [0.4, 0.5) is 11.4 Å². The van der Waals surface area contributed by atoms with Crippen LogP contribution in [0.25, 0.3) is 0 Å². The van der Waals surface area contributed by atoms with Gasteiger partial charge in [-0.2, -0.15) is 4.31 Å². The number of amides is 1. The van der Waals surface area contributed by atoms with E-state index in [0.29, 0.717) is 37.7 Å². The van der Waals surface area contributed by atoms with E-state index in [1.807, 2.05) is 24.3 Å². The topological polar surface area (TPSA) is 83.9 Å². The Morgan fingerprint density at radius 2 is 1.61 bits per heavy atom. The number of anilines is 2. The number of ether oxygens (including phenoxy) is 1. The molecule has 0 saturated carbocycles. The van der Waals surface area contributed by atoms with E-state index < -0.39 is 10.0 Å². The van der Waals surface area contributed by atoms with Crippen molar-refractivity contribution in [3.05, 3.63) is 42.2 Å². The van der Waals surface area contributed by atoms with Crippen LogP contribution >= 0.6 is 0 Å². The van der Waals surface area contributed by atoms with Gasteiger partial charge in [0.1, 0.15) is 10.6 Å². The van der Waals surface area contributed by atoms with Crippen molar-refractivity contribution >= 4 is 27.3 Å². The fraction of sp³-hybridized carbons (Fsp3) is 0.500. The van der Waals surface area contributed by atoms with E-state index in [9.17, 15) is 13.2 Å². The normalized spacial score (nSPS) is 18.5. The van der Waals surface area contributed by atoms with Gasteiger partial charge in [0.2, 0.25) is 10.0 Å². The van der Waals surface area contributed by atoms with E-state index in [0.717, 1.165) is 18.8 Å². The number of nitrogens with zero attached hydrogens (tertiary/aromatic N) is 3. The van der Waals surface area contributed by atoms with Crippen molar-refractivity contribution in [3.63, 3.8) is 0 Å². The monoisotopic (exact) mass is 446 g/mol. The van der Waals surface area contributed by atoms with E-state index in [1.54, 1.807) is 11.6 Å². The molecule has 0 bridgehead atoms. The van der Waals surface area contributed by atoms with E-state index in [1.165, 1.54) is 42.3 Å². The first-order valence-corrected chi connectivity index (χ1v) is 12.3. The lowest BCUT2D eigenvalue weighted by Gasteiger charge is -2.25. The van der Waals surface area contributed by atoms with Gasteiger partial charge >= 0.3 is 0 Å². The zero-order valence-corrected chi connectivity index (χ0v) is 18.7. The molecular formula is C22H30N4O4S. The van der Waals surface area contributed by atoms with Crippen molar-refractivity contribution in [2.45, 2.75) is 30.6 Å². The zero-order chi connectivity index (χ0) is 21.8. The summed E-state index contributed by atoms with van der Waals surface area (Å²) in [5.74, 6) is -0.339. The molecule has 0 spiro atoms. The molecule has 2 aromatic rings. The molecule has 168 valence electrons. The lowest BCUT2D eigenvalue weighted by molar-refractivity contribution is 0.0730. The average molecular weight is 447 g/mol. The third kappa shape index (κ3) is 4.94. The molecule has 1 aromatic carbocycles. The second kappa shape index (κ2) is 9.42. The fourth-order valence-corrected chi connectivity index (χ4v) is 5.60. The standard InChI is InChI=1S/C22H30N4O4S/c1-24-17-20(31(28,29)26-12-14-30-15-13-26)16-21(24)22(27)23-18-6-8-19(9-7-18)25-10-4-2-3-5-11-25/h6-9,16-17H,2-5,10-15H2,1H3,(H,23,27). The predicted molar refractivity (Wildman–Crippen MR) is 120 cm³/mol. The fourth-order valence-electron chi connectivity index (χ4n) is 4.12. The van der Waals surface area contributed by atoms with Gasteiger partial charge in [-0.3, -0.25) is 4.79 Å². The quantitative estimate of drug-likeness (QED) is 0.764. The van der Waals surface area contributed by atoms with Gasteiger partial charge in [0.05, 0.1) is 13.2 Å². The third-order valence-electron chi connectivity index (χ3n) is 5.92. The molecule has 0 aliphatic carbocycles. The van der Waals surface area contributed by atoms with Crippen molar-refractivity contribution < 1.29 is 17.9 Å². The number of hydrogen-bond acceptors (Lipinski definition) is 5. The Morgan fingerprint density at radius 3 is 2.26 bits per heavy atom. The summed E-state index contributed by atoms with van der Waals surface area (Å²) in [5, 5.41) is 2.88. The Balaban J connectivity index is 1.45. The van der Waals surface area contributed by atoms with Crippen LogP contribution in [0, 0.1) is 0 Å². The van der Waals surface area contributed by atoms with Crippen LogP contribution in [-0.2, 0) is 21.8 Å². The van der Waals surface area contributed by atoms with Crippen molar-refractivity contribution in [1.82, 2.24) is 8.87 Å². The maximum Gasteiger partial charge on any atom is 0.272 e. The van der Waals surface area contributed by atoms with Crippen molar-refractivity contribution in [1.29, 1.82) is 0 Å². The van der Waals surface area contributed by atoms with E-state index in [-0.39, 0.29) is 10.8 Å². The number of benzene rings is 1. The van der Waals surface area contributed by atoms with Crippen LogP contribution in [-0.4, -0.2) is 62.6 Å². The lowest BCUT2D eigenvalue weighted by Crippen LogP contribution is -2.40. The molecule has 0 radical (unpaired) electrons. The highest BCUT2D eigenvalue weighted by molar-refractivity contribution is 7.89. The number of sulfonamides is 1. The van der Waals surface area contributed by atoms with Gasteiger partial charge in [-0.05, 0) is 43.2 Å². The molecule has 0 unspecified atom stereocenters. The second-order valence-corrected chi connectivity index (χ2v) is 10.0. The molecule has 31 heavy (non-hydrogen) atoms. The Kier molecular flexibility index (Phi) is 6.64. The number of carbonyl (C=O) groups is 1. The van der Waals surface area contributed by atoms with Gasteiger partial charge in [0, 0.05) is 50.8 Å². The lowest BCUT2D eigenvalue weighted by atomic mass is 10.2. The first-order chi connectivity index (χ1) is 14.9. The highest BCUT2D eigenvalue weighted by Gasteiger charge is 2.28. The summed E-state index contributed by atoms with van der Waals surface area (Å²) < 4.78 is 33.9. The number of morpholine rings is 1. The van der Waals surface area contributed by atoms with E-state index in [4.69, 9.17) is 4.74 Å². The average Bonchev–Trinajstić information content (AvgIpc) is 2.99.